The van der Waals surface area contributed by atoms with Crippen LogP contribution in [0.25, 0.3) is 11.1 Å². The van der Waals surface area contributed by atoms with Crippen molar-refractivity contribution in [3.8, 4) is 11.1 Å². The van der Waals surface area contributed by atoms with Gasteiger partial charge in [-0.15, -0.1) is 0 Å². The van der Waals surface area contributed by atoms with Crippen LogP contribution in [0, 0.1) is 0 Å². The molecule has 0 saturated heterocycles. The average molecular weight is 187 g/mol. The van der Waals surface area contributed by atoms with E-state index in [0.29, 0.717) is 5.56 Å². The molecule has 0 unspecified atom stereocenters. The van der Waals surface area contributed by atoms with Crippen molar-refractivity contribution in [2.24, 2.45) is 0 Å². The van der Waals surface area contributed by atoms with Gasteiger partial charge in [0.05, 0.1) is 0 Å². The van der Waals surface area contributed by atoms with E-state index >= 15 is 0 Å². The van der Waals surface area contributed by atoms with Gasteiger partial charge in [-0.05, 0) is 28.0 Å². The molecule has 1 radical (unpaired) electrons. The minimum atomic E-state index is 0.596. The third-order valence-corrected chi connectivity index (χ3v) is 2.54. The first-order valence-corrected chi connectivity index (χ1v) is 4.85. The Hall–Kier alpha value is -1.41. The van der Waals surface area contributed by atoms with Crippen molar-refractivity contribution in [2.45, 2.75) is 0 Å². The molecule has 63 valence electrons. The van der Waals surface area contributed by atoms with Gasteiger partial charge < -0.3 is 0 Å². The molecule has 0 aliphatic heterocycles. The van der Waals surface area contributed by atoms with Crippen LogP contribution in [0.4, 0.5) is 0 Å². The highest BCUT2D eigenvalue weighted by Gasteiger charge is 1.97. The molecular weight excluding hydrogens is 180 g/mol. The summed E-state index contributed by atoms with van der Waals surface area (Å²) in [7, 11) is 0. The van der Waals surface area contributed by atoms with Crippen LogP contribution in [0.15, 0.2) is 41.1 Å². The molecular formula is C11H7OS. The minimum absolute atomic E-state index is 0.596. The monoisotopic (exact) mass is 187 g/mol. The normalized spacial score (nSPS) is 9.85. The first kappa shape index (κ1) is 8.20. The summed E-state index contributed by atoms with van der Waals surface area (Å²) < 4.78 is 0. The zero-order valence-corrected chi connectivity index (χ0v) is 7.67. The van der Waals surface area contributed by atoms with Gasteiger partial charge in [0.15, 0.2) is 0 Å². The Kier molecular flexibility index (Phi) is 2.23. The molecule has 0 saturated carbocycles. The second-order valence-electron chi connectivity index (χ2n) is 2.69. The van der Waals surface area contributed by atoms with Crippen molar-refractivity contribution in [1.82, 2.24) is 0 Å². The third-order valence-electron chi connectivity index (χ3n) is 1.86. The van der Waals surface area contributed by atoms with Crippen LogP contribution >= 0.6 is 11.3 Å². The van der Waals surface area contributed by atoms with Crippen LogP contribution in [0.3, 0.4) is 0 Å². The highest BCUT2D eigenvalue weighted by atomic mass is 32.1. The first-order chi connectivity index (χ1) is 6.40. The second-order valence-corrected chi connectivity index (χ2v) is 3.47. The van der Waals surface area contributed by atoms with Crippen LogP contribution in [-0.4, -0.2) is 6.29 Å². The average Bonchev–Trinajstić information content (AvgIpc) is 2.71. The van der Waals surface area contributed by atoms with Gasteiger partial charge in [0.1, 0.15) is 0 Å². The summed E-state index contributed by atoms with van der Waals surface area (Å²) in [6.45, 7) is 0. The molecule has 1 heterocycles. The van der Waals surface area contributed by atoms with E-state index in [4.69, 9.17) is 0 Å². The van der Waals surface area contributed by atoms with Crippen molar-refractivity contribution in [2.75, 3.05) is 0 Å². The Morgan fingerprint density at radius 3 is 2.31 bits per heavy atom. The van der Waals surface area contributed by atoms with E-state index in [0.717, 1.165) is 5.56 Å². The fourth-order valence-electron chi connectivity index (χ4n) is 1.16. The Bertz CT molecular complexity index is 387. The predicted molar refractivity (Wildman–Crippen MR) is 54.6 cm³/mol. The molecule has 0 aliphatic rings. The number of thiophene rings is 1. The van der Waals surface area contributed by atoms with Crippen LogP contribution in [0.2, 0.25) is 0 Å². The van der Waals surface area contributed by atoms with E-state index in [1.165, 1.54) is 5.56 Å². The van der Waals surface area contributed by atoms with Crippen LogP contribution in [0.5, 0.6) is 0 Å². The van der Waals surface area contributed by atoms with E-state index in [9.17, 15) is 4.79 Å². The molecule has 0 fully saturated rings. The molecule has 0 N–H and O–H groups in total. The minimum Gasteiger partial charge on any atom is -0.285 e. The highest BCUT2D eigenvalue weighted by molar-refractivity contribution is 7.08. The van der Waals surface area contributed by atoms with E-state index in [1.807, 2.05) is 23.8 Å². The van der Waals surface area contributed by atoms with E-state index in [1.54, 1.807) is 23.5 Å². The van der Waals surface area contributed by atoms with E-state index in [-0.39, 0.29) is 0 Å². The number of rotatable bonds is 2. The van der Waals surface area contributed by atoms with Gasteiger partial charge in [0.25, 0.3) is 0 Å². The SMILES string of the molecule is O=[C]c1ccc(-c2ccsc2)cc1. The fraction of sp³-hybridized carbons (Fsp3) is 0. The Balaban J connectivity index is 2.38. The second kappa shape index (κ2) is 3.54. The van der Waals surface area contributed by atoms with E-state index in [2.05, 4.69) is 11.4 Å². The quantitative estimate of drug-likeness (QED) is 0.706. The summed E-state index contributed by atoms with van der Waals surface area (Å²) in [5, 5.41) is 4.12. The van der Waals surface area contributed by atoms with Crippen molar-refractivity contribution in [1.29, 1.82) is 0 Å². The van der Waals surface area contributed by atoms with Gasteiger partial charge in [0.2, 0.25) is 6.29 Å². The zero-order valence-electron chi connectivity index (χ0n) is 6.86. The number of hydrogen-bond donors (Lipinski definition) is 0. The van der Waals surface area contributed by atoms with Crippen molar-refractivity contribution >= 4 is 17.6 Å². The van der Waals surface area contributed by atoms with Gasteiger partial charge in [-0.3, -0.25) is 4.79 Å². The zero-order chi connectivity index (χ0) is 9.10. The summed E-state index contributed by atoms with van der Waals surface area (Å²) in [5.74, 6) is 0. The number of carbonyl (C=O) groups excluding carboxylic acids is 1. The topological polar surface area (TPSA) is 17.1 Å². The summed E-state index contributed by atoms with van der Waals surface area (Å²) >= 11 is 1.67. The molecule has 0 amide bonds. The van der Waals surface area contributed by atoms with Crippen LogP contribution in [0.1, 0.15) is 5.56 Å². The maximum atomic E-state index is 10.3. The maximum Gasteiger partial charge on any atom is 0.233 e. The summed E-state index contributed by atoms with van der Waals surface area (Å²) in [5.41, 5.74) is 2.93. The lowest BCUT2D eigenvalue weighted by Gasteiger charge is -1.96. The Morgan fingerprint density at radius 2 is 1.77 bits per heavy atom. The molecule has 1 aromatic heterocycles. The third kappa shape index (κ3) is 1.68. The molecule has 0 spiro atoms. The largest absolute Gasteiger partial charge is 0.285 e. The van der Waals surface area contributed by atoms with Crippen molar-refractivity contribution < 1.29 is 4.79 Å². The standard InChI is InChI=1S/C11H7OS/c12-7-9-1-3-10(4-2-9)11-5-6-13-8-11/h1-6,8H. The van der Waals surface area contributed by atoms with Gasteiger partial charge in [-0.1, -0.05) is 24.3 Å². The molecule has 2 rings (SSSR count). The first-order valence-electron chi connectivity index (χ1n) is 3.91. The van der Waals surface area contributed by atoms with Crippen LogP contribution in [-0.2, 0) is 4.79 Å². The van der Waals surface area contributed by atoms with Gasteiger partial charge >= 0.3 is 0 Å². The molecule has 2 aromatic rings. The molecule has 1 aromatic carbocycles. The predicted octanol–water partition coefficient (Wildman–Crippen LogP) is 2.87. The molecule has 0 bridgehead atoms. The molecule has 0 aliphatic carbocycles. The number of benzene rings is 1. The molecule has 13 heavy (non-hydrogen) atoms. The molecule has 0 atom stereocenters. The van der Waals surface area contributed by atoms with Crippen molar-refractivity contribution in [3.05, 3.63) is 46.7 Å². The highest BCUT2D eigenvalue weighted by Crippen LogP contribution is 2.21. The van der Waals surface area contributed by atoms with Gasteiger partial charge in [-0.25, -0.2) is 0 Å². The van der Waals surface area contributed by atoms with Crippen molar-refractivity contribution in [3.63, 3.8) is 0 Å². The molecule has 2 heteroatoms. The number of hydrogen-bond acceptors (Lipinski definition) is 2. The smallest absolute Gasteiger partial charge is 0.233 e. The van der Waals surface area contributed by atoms with E-state index < -0.39 is 0 Å². The molecule has 1 nitrogen and oxygen atoms in total. The summed E-state index contributed by atoms with van der Waals surface area (Å²) in [6, 6.07) is 9.48. The fourth-order valence-corrected chi connectivity index (χ4v) is 1.82. The lowest BCUT2D eigenvalue weighted by atomic mass is 10.1. The van der Waals surface area contributed by atoms with Gasteiger partial charge in [-0.2, -0.15) is 11.3 Å². The maximum absolute atomic E-state index is 10.3. The van der Waals surface area contributed by atoms with Gasteiger partial charge in [0, 0.05) is 5.56 Å². The summed E-state index contributed by atoms with van der Waals surface area (Å²) in [4.78, 5) is 10.3. The Labute approximate surface area is 80.7 Å². The Morgan fingerprint density at radius 1 is 1.00 bits per heavy atom. The lowest BCUT2D eigenvalue weighted by molar-refractivity contribution is 0.563. The lowest BCUT2D eigenvalue weighted by Crippen LogP contribution is -1.79. The van der Waals surface area contributed by atoms with Crippen LogP contribution < -0.4 is 0 Å². The summed E-state index contributed by atoms with van der Waals surface area (Å²) in [6.07, 6.45) is 1.85.